The van der Waals surface area contributed by atoms with Gasteiger partial charge in [-0.1, -0.05) is 12.1 Å². The molecule has 0 aliphatic carbocycles. The van der Waals surface area contributed by atoms with Gasteiger partial charge >= 0.3 is 5.69 Å². The van der Waals surface area contributed by atoms with Crippen molar-refractivity contribution in [2.24, 2.45) is 5.10 Å². The summed E-state index contributed by atoms with van der Waals surface area (Å²) < 4.78 is 15.6. The van der Waals surface area contributed by atoms with E-state index in [9.17, 15) is 14.9 Å². The third kappa shape index (κ3) is 4.02. The molecule has 9 nitrogen and oxygen atoms in total. The molecule has 128 valence electrons. The fourth-order valence-electron chi connectivity index (χ4n) is 2.08. The minimum Gasteiger partial charge on any atom is -0.477 e. The maximum absolute atomic E-state index is 11.7. The molecule has 1 heterocycles. The number of hydrazone groups is 1. The Balaban J connectivity index is 1.52. The van der Waals surface area contributed by atoms with Gasteiger partial charge in [0.2, 0.25) is 6.79 Å². The number of fused-ring (bicyclic) bond motifs is 1. The number of hydrogen-bond acceptors (Lipinski definition) is 7. The zero-order valence-electron chi connectivity index (χ0n) is 12.9. The second kappa shape index (κ2) is 7.30. The van der Waals surface area contributed by atoms with Crippen LogP contribution in [0.25, 0.3) is 0 Å². The van der Waals surface area contributed by atoms with Crippen LogP contribution in [0.2, 0.25) is 0 Å². The van der Waals surface area contributed by atoms with Crippen molar-refractivity contribution >= 4 is 17.8 Å². The summed E-state index contributed by atoms with van der Waals surface area (Å²) in [7, 11) is 0. The Hall–Kier alpha value is -3.62. The number of carbonyl (C=O) groups excluding carboxylic acids is 1. The Bertz CT molecular complexity index is 836. The first-order valence-corrected chi connectivity index (χ1v) is 7.21. The van der Waals surface area contributed by atoms with Crippen LogP contribution < -0.4 is 19.6 Å². The first-order valence-electron chi connectivity index (χ1n) is 7.21. The van der Waals surface area contributed by atoms with Gasteiger partial charge in [-0.05, 0) is 29.8 Å². The van der Waals surface area contributed by atoms with Crippen molar-refractivity contribution in [3.63, 3.8) is 0 Å². The largest absolute Gasteiger partial charge is 0.477 e. The summed E-state index contributed by atoms with van der Waals surface area (Å²) in [5.74, 6) is 0.728. The molecule has 0 spiro atoms. The van der Waals surface area contributed by atoms with E-state index in [1.807, 2.05) is 0 Å². The average Bonchev–Trinajstić information content (AvgIpc) is 3.08. The van der Waals surface area contributed by atoms with E-state index in [1.54, 1.807) is 24.3 Å². The number of benzene rings is 2. The summed E-state index contributed by atoms with van der Waals surface area (Å²) in [6.07, 6.45) is 1.44. The summed E-state index contributed by atoms with van der Waals surface area (Å²) in [6.45, 7) is -0.223. The van der Waals surface area contributed by atoms with Crippen molar-refractivity contribution in [3.05, 3.63) is 58.1 Å². The van der Waals surface area contributed by atoms with Gasteiger partial charge in [0, 0.05) is 6.07 Å². The Kier molecular flexibility index (Phi) is 4.74. The molecule has 3 rings (SSSR count). The highest BCUT2D eigenvalue weighted by atomic mass is 16.7. The highest BCUT2D eigenvalue weighted by Gasteiger charge is 2.15. The summed E-state index contributed by atoms with van der Waals surface area (Å²) in [5.41, 5.74) is 2.78. The van der Waals surface area contributed by atoms with Crippen LogP contribution in [-0.4, -0.2) is 30.4 Å². The van der Waals surface area contributed by atoms with Crippen LogP contribution in [0.4, 0.5) is 5.69 Å². The second-order valence-electron chi connectivity index (χ2n) is 4.92. The number of amides is 1. The first-order chi connectivity index (χ1) is 12.1. The molecule has 25 heavy (non-hydrogen) atoms. The van der Waals surface area contributed by atoms with Gasteiger partial charge in [0.05, 0.1) is 11.1 Å². The number of rotatable bonds is 6. The van der Waals surface area contributed by atoms with Crippen LogP contribution in [0.5, 0.6) is 17.2 Å². The molecule has 2 aromatic rings. The molecule has 0 saturated heterocycles. The summed E-state index contributed by atoms with van der Waals surface area (Å²) in [6, 6.07) is 11.0. The van der Waals surface area contributed by atoms with E-state index in [4.69, 9.17) is 14.2 Å². The van der Waals surface area contributed by atoms with Gasteiger partial charge in [-0.25, -0.2) is 5.43 Å². The van der Waals surface area contributed by atoms with Crippen LogP contribution in [0, 0.1) is 10.1 Å². The van der Waals surface area contributed by atoms with Gasteiger partial charge in [-0.2, -0.15) is 5.10 Å². The third-order valence-electron chi connectivity index (χ3n) is 3.22. The maximum Gasteiger partial charge on any atom is 0.310 e. The lowest BCUT2D eigenvalue weighted by Gasteiger charge is -2.05. The van der Waals surface area contributed by atoms with Crippen molar-refractivity contribution < 1.29 is 23.9 Å². The van der Waals surface area contributed by atoms with E-state index >= 15 is 0 Å². The second-order valence-corrected chi connectivity index (χ2v) is 4.92. The number of carbonyl (C=O) groups is 1. The Morgan fingerprint density at radius 3 is 2.92 bits per heavy atom. The van der Waals surface area contributed by atoms with Crippen molar-refractivity contribution in [2.75, 3.05) is 13.4 Å². The van der Waals surface area contributed by atoms with Gasteiger partial charge in [-0.3, -0.25) is 14.9 Å². The average molecular weight is 343 g/mol. The van der Waals surface area contributed by atoms with Crippen LogP contribution in [0.3, 0.4) is 0 Å². The van der Waals surface area contributed by atoms with Crippen molar-refractivity contribution in [3.8, 4) is 17.2 Å². The zero-order valence-corrected chi connectivity index (χ0v) is 12.9. The van der Waals surface area contributed by atoms with Gasteiger partial charge in [0.1, 0.15) is 0 Å². The normalized spacial score (nSPS) is 12.2. The number of nitro benzene ring substituents is 1. The first kappa shape index (κ1) is 16.2. The van der Waals surface area contributed by atoms with Crippen LogP contribution in [-0.2, 0) is 4.79 Å². The fourth-order valence-corrected chi connectivity index (χ4v) is 2.08. The lowest BCUT2D eigenvalue weighted by molar-refractivity contribution is -0.385. The standard InChI is InChI=1S/C16H13N3O6/c20-16(9-23-13-4-2-1-3-12(13)19(21)22)18-17-8-11-5-6-14-15(7-11)25-10-24-14/h1-8H,9-10H2,(H,18,20)/b17-8+. The molecule has 0 aromatic heterocycles. The maximum atomic E-state index is 11.7. The quantitative estimate of drug-likeness (QED) is 0.487. The van der Waals surface area contributed by atoms with Gasteiger partial charge in [0.25, 0.3) is 5.91 Å². The number of para-hydroxylation sites is 2. The van der Waals surface area contributed by atoms with Crippen molar-refractivity contribution in [1.82, 2.24) is 5.43 Å². The van der Waals surface area contributed by atoms with Crippen LogP contribution in [0.15, 0.2) is 47.6 Å². The summed E-state index contributed by atoms with van der Waals surface area (Å²) in [5, 5.41) is 14.7. The van der Waals surface area contributed by atoms with Crippen LogP contribution >= 0.6 is 0 Å². The van der Waals surface area contributed by atoms with E-state index in [2.05, 4.69) is 10.5 Å². The lowest BCUT2D eigenvalue weighted by atomic mass is 10.2. The zero-order chi connectivity index (χ0) is 17.6. The van der Waals surface area contributed by atoms with E-state index in [0.717, 1.165) is 0 Å². The molecule has 9 heteroatoms. The van der Waals surface area contributed by atoms with Crippen molar-refractivity contribution in [2.45, 2.75) is 0 Å². The molecule has 0 unspecified atom stereocenters. The number of hydrogen-bond donors (Lipinski definition) is 1. The smallest absolute Gasteiger partial charge is 0.310 e. The van der Waals surface area contributed by atoms with Gasteiger partial charge in [-0.15, -0.1) is 0 Å². The van der Waals surface area contributed by atoms with Crippen LogP contribution in [0.1, 0.15) is 5.56 Å². The fraction of sp³-hybridized carbons (Fsp3) is 0.125. The van der Waals surface area contributed by atoms with E-state index in [1.165, 1.54) is 24.4 Å². The summed E-state index contributed by atoms with van der Waals surface area (Å²) in [4.78, 5) is 22.0. The molecule has 0 bridgehead atoms. The summed E-state index contributed by atoms with van der Waals surface area (Å²) >= 11 is 0. The molecule has 2 aromatic carbocycles. The highest BCUT2D eigenvalue weighted by molar-refractivity contribution is 5.83. The number of ether oxygens (including phenoxy) is 3. The lowest BCUT2D eigenvalue weighted by Crippen LogP contribution is -2.24. The molecular weight excluding hydrogens is 330 g/mol. The Morgan fingerprint density at radius 1 is 1.28 bits per heavy atom. The minimum absolute atomic E-state index is 0.0161. The minimum atomic E-state index is -0.578. The van der Waals surface area contributed by atoms with Gasteiger partial charge in [0.15, 0.2) is 23.9 Å². The van der Waals surface area contributed by atoms with E-state index in [-0.39, 0.29) is 18.2 Å². The number of nitro groups is 1. The van der Waals surface area contributed by atoms with E-state index in [0.29, 0.717) is 17.1 Å². The molecule has 1 aliphatic rings. The molecule has 1 aliphatic heterocycles. The highest BCUT2D eigenvalue weighted by Crippen LogP contribution is 2.32. The van der Waals surface area contributed by atoms with Crippen molar-refractivity contribution in [1.29, 1.82) is 0 Å². The van der Waals surface area contributed by atoms with Gasteiger partial charge < -0.3 is 14.2 Å². The third-order valence-corrected chi connectivity index (χ3v) is 3.22. The Morgan fingerprint density at radius 2 is 2.08 bits per heavy atom. The SMILES string of the molecule is O=C(COc1ccccc1[N+](=O)[O-])N/N=C/c1ccc2c(c1)OCO2. The monoisotopic (exact) mass is 343 g/mol. The molecule has 1 N–H and O–H groups in total. The molecule has 1 amide bonds. The molecule has 0 fully saturated rings. The Labute approximate surface area is 142 Å². The topological polar surface area (TPSA) is 112 Å². The predicted octanol–water partition coefficient (Wildman–Crippen LogP) is 1.85. The number of nitrogens with one attached hydrogen (secondary N) is 1. The number of nitrogens with zero attached hydrogens (tertiary/aromatic N) is 2. The molecular formula is C16H13N3O6. The molecule has 0 atom stereocenters. The predicted molar refractivity (Wildman–Crippen MR) is 86.9 cm³/mol. The van der Waals surface area contributed by atoms with E-state index < -0.39 is 17.4 Å². The molecule has 0 saturated carbocycles. The molecule has 0 radical (unpaired) electrons.